The molecule has 158 valence electrons. The van der Waals surface area contributed by atoms with Crippen LogP contribution >= 0.6 is 0 Å². The van der Waals surface area contributed by atoms with E-state index in [1.165, 1.54) is 6.07 Å². The number of morpholine rings is 1. The van der Waals surface area contributed by atoms with Crippen molar-refractivity contribution in [2.45, 2.75) is 34.2 Å². The summed E-state index contributed by atoms with van der Waals surface area (Å²) >= 11 is 0. The molecule has 1 aromatic carbocycles. The van der Waals surface area contributed by atoms with E-state index < -0.39 is 11.6 Å². The fourth-order valence-corrected chi connectivity index (χ4v) is 3.83. The lowest BCUT2D eigenvalue weighted by Gasteiger charge is -2.29. The summed E-state index contributed by atoms with van der Waals surface area (Å²) in [5.41, 5.74) is 4.02. The molecule has 7 heteroatoms. The third kappa shape index (κ3) is 4.61. The first kappa shape index (κ1) is 21.3. The van der Waals surface area contributed by atoms with Crippen LogP contribution in [0.3, 0.4) is 0 Å². The second-order valence-electron chi connectivity index (χ2n) is 7.95. The number of benzene rings is 1. The number of ether oxygens (including phenoxy) is 1. The first-order valence-electron chi connectivity index (χ1n) is 10.0. The molecule has 0 bridgehead atoms. The minimum absolute atomic E-state index is 0.151. The van der Waals surface area contributed by atoms with E-state index in [9.17, 15) is 13.6 Å². The Morgan fingerprint density at radius 1 is 1.17 bits per heavy atom. The highest BCUT2D eigenvalue weighted by atomic mass is 19.2. The van der Waals surface area contributed by atoms with Crippen LogP contribution in [0.4, 0.5) is 14.5 Å². The molecule has 1 aliphatic heterocycles. The van der Waals surface area contributed by atoms with Gasteiger partial charge in [0.1, 0.15) is 5.69 Å². The molecule has 0 spiro atoms. The van der Waals surface area contributed by atoms with Crippen LogP contribution in [0.5, 0.6) is 0 Å². The molecule has 1 aromatic heterocycles. The van der Waals surface area contributed by atoms with E-state index in [2.05, 4.69) is 10.2 Å². The van der Waals surface area contributed by atoms with Crippen LogP contribution in [0.25, 0.3) is 0 Å². The number of carbonyl (C=O) groups is 1. The van der Waals surface area contributed by atoms with E-state index in [1.807, 2.05) is 32.3 Å². The first-order chi connectivity index (χ1) is 13.8. The van der Waals surface area contributed by atoms with Gasteiger partial charge >= 0.3 is 0 Å². The normalized spacial score (nSPS) is 14.5. The number of nitrogens with one attached hydrogen (secondary N) is 1. The van der Waals surface area contributed by atoms with Crippen LogP contribution in [0, 0.1) is 31.4 Å². The molecule has 0 aliphatic carbocycles. The van der Waals surface area contributed by atoms with E-state index in [-0.39, 0.29) is 5.91 Å². The third-order valence-electron chi connectivity index (χ3n) is 5.27. The molecule has 3 rings (SSSR count). The molecule has 1 saturated heterocycles. The zero-order valence-electron chi connectivity index (χ0n) is 17.5. The second kappa shape index (κ2) is 8.95. The molecule has 1 amide bonds. The van der Waals surface area contributed by atoms with Crippen molar-refractivity contribution < 1.29 is 18.3 Å². The van der Waals surface area contributed by atoms with Gasteiger partial charge in [-0.25, -0.2) is 8.78 Å². The van der Waals surface area contributed by atoms with E-state index >= 15 is 0 Å². The standard InChI is InChI=1S/C22H29F2N3O2/c1-14(2)12-25-22(28)21-15(3)20(26-7-9-29-10-8-26)16(4)27(21)13-17-5-6-18(23)19(24)11-17/h5-6,11,14H,7-10,12-13H2,1-4H3,(H,25,28). The largest absolute Gasteiger partial charge is 0.378 e. The van der Waals surface area contributed by atoms with E-state index in [4.69, 9.17) is 4.74 Å². The van der Waals surface area contributed by atoms with Gasteiger partial charge in [-0.1, -0.05) is 19.9 Å². The Morgan fingerprint density at radius 2 is 1.86 bits per heavy atom. The number of hydrogen-bond donors (Lipinski definition) is 1. The van der Waals surface area contributed by atoms with Gasteiger partial charge in [0.2, 0.25) is 0 Å². The maximum absolute atomic E-state index is 13.7. The summed E-state index contributed by atoms with van der Waals surface area (Å²) in [7, 11) is 0. The quantitative estimate of drug-likeness (QED) is 0.798. The Bertz CT molecular complexity index is 887. The van der Waals surface area contributed by atoms with E-state index in [1.54, 1.807) is 6.07 Å². The van der Waals surface area contributed by atoms with Crippen molar-refractivity contribution in [1.82, 2.24) is 9.88 Å². The fourth-order valence-electron chi connectivity index (χ4n) is 3.83. The number of halogens is 2. The number of carbonyl (C=O) groups excluding carboxylic acids is 1. The minimum atomic E-state index is -0.886. The highest BCUT2D eigenvalue weighted by Gasteiger charge is 2.27. The number of anilines is 1. The third-order valence-corrected chi connectivity index (χ3v) is 5.27. The molecule has 2 heterocycles. The molecular formula is C22H29F2N3O2. The predicted octanol–water partition coefficient (Wildman–Crippen LogP) is 3.65. The summed E-state index contributed by atoms with van der Waals surface area (Å²) in [6.45, 7) is 11.6. The van der Waals surface area contributed by atoms with Gasteiger partial charge in [0.25, 0.3) is 5.91 Å². The van der Waals surface area contributed by atoms with E-state index in [0.717, 1.165) is 36.1 Å². The van der Waals surface area contributed by atoms with Crippen molar-refractivity contribution >= 4 is 11.6 Å². The van der Waals surface area contributed by atoms with Crippen molar-refractivity contribution in [3.8, 4) is 0 Å². The summed E-state index contributed by atoms with van der Waals surface area (Å²) < 4.78 is 34.5. The smallest absolute Gasteiger partial charge is 0.268 e. The maximum atomic E-state index is 13.7. The zero-order chi connectivity index (χ0) is 21.1. The van der Waals surface area contributed by atoms with Gasteiger partial charge in [-0.3, -0.25) is 4.79 Å². The lowest BCUT2D eigenvalue weighted by atomic mass is 10.1. The zero-order valence-corrected chi connectivity index (χ0v) is 17.5. The summed E-state index contributed by atoms with van der Waals surface area (Å²) in [4.78, 5) is 15.3. The topological polar surface area (TPSA) is 46.5 Å². The molecule has 29 heavy (non-hydrogen) atoms. The van der Waals surface area contributed by atoms with Crippen LogP contribution in [0.1, 0.15) is 41.2 Å². The Morgan fingerprint density at radius 3 is 2.48 bits per heavy atom. The van der Waals surface area contributed by atoms with Crippen LogP contribution < -0.4 is 10.2 Å². The van der Waals surface area contributed by atoms with Crippen molar-refractivity contribution in [2.75, 3.05) is 37.7 Å². The Hall–Kier alpha value is -2.41. The van der Waals surface area contributed by atoms with Crippen LogP contribution in [0.15, 0.2) is 18.2 Å². The molecule has 0 unspecified atom stereocenters. The monoisotopic (exact) mass is 405 g/mol. The molecule has 0 saturated carbocycles. The SMILES string of the molecule is Cc1c(N2CCOCC2)c(C)n(Cc2ccc(F)c(F)c2)c1C(=O)NCC(C)C. The van der Waals surface area contributed by atoms with Crippen molar-refractivity contribution in [2.24, 2.45) is 5.92 Å². The van der Waals surface area contributed by atoms with Crippen LogP contribution in [0.2, 0.25) is 0 Å². The van der Waals surface area contributed by atoms with Crippen LogP contribution in [-0.2, 0) is 11.3 Å². The molecule has 5 nitrogen and oxygen atoms in total. The van der Waals surface area contributed by atoms with Gasteiger partial charge in [-0.05, 0) is 37.5 Å². The van der Waals surface area contributed by atoms with Gasteiger partial charge in [-0.15, -0.1) is 0 Å². The van der Waals surface area contributed by atoms with Crippen LogP contribution in [-0.4, -0.2) is 43.3 Å². The van der Waals surface area contributed by atoms with Gasteiger partial charge in [0.05, 0.1) is 18.9 Å². The fraction of sp³-hybridized carbons (Fsp3) is 0.500. The molecule has 0 radical (unpaired) electrons. The lowest BCUT2D eigenvalue weighted by molar-refractivity contribution is 0.0939. The Labute approximate surface area is 170 Å². The molecule has 2 aromatic rings. The predicted molar refractivity (Wildman–Crippen MR) is 110 cm³/mol. The molecule has 0 atom stereocenters. The Kier molecular flexibility index (Phi) is 6.57. The number of nitrogens with zero attached hydrogens (tertiary/aromatic N) is 2. The van der Waals surface area contributed by atoms with E-state index in [0.29, 0.717) is 43.5 Å². The molecular weight excluding hydrogens is 376 g/mol. The van der Waals surface area contributed by atoms with Gasteiger partial charge in [0, 0.05) is 37.4 Å². The van der Waals surface area contributed by atoms with Gasteiger partial charge in [0.15, 0.2) is 11.6 Å². The first-order valence-corrected chi connectivity index (χ1v) is 10.0. The average molecular weight is 405 g/mol. The molecule has 1 N–H and O–H groups in total. The van der Waals surface area contributed by atoms with Crippen molar-refractivity contribution in [3.63, 3.8) is 0 Å². The van der Waals surface area contributed by atoms with Crippen molar-refractivity contribution in [3.05, 3.63) is 52.3 Å². The van der Waals surface area contributed by atoms with Gasteiger partial charge < -0.3 is 19.5 Å². The minimum Gasteiger partial charge on any atom is -0.378 e. The number of aromatic nitrogens is 1. The van der Waals surface area contributed by atoms with Gasteiger partial charge in [-0.2, -0.15) is 0 Å². The summed E-state index contributed by atoms with van der Waals surface area (Å²) in [5, 5.41) is 2.99. The maximum Gasteiger partial charge on any atom is 0.268 e. The average Bonchev–Trinajstić information content (AvgIpc) is 2.93. The van der Waals surface area contributed by atoms with Crippen molar-refractivity contribution in [1.29, 1.82) is 0 Å². The lowest BCUT2D eigenvalue weighted by Crippen LogP contribution is -2.36. The number of amides is 1. The summed E-state index contributed by atoms with van der Waals surface area (Å²) in [6.07, 6.45) is 0. The summed E-state index contributed by atoms with van der Waals surface area (Å²) in [5.74, 6) is -1.59. The molecule has 1 aliphatic rings. The Balaban J connectivity index is 2.03. The second-order valence-corrected chi connectivity index (χ2v) is 7.95. The molecule has 1 fully saturated rings. The number of rotatable bonds is 6. The highest BCUT2D eigenvalue weighted by molar-refractivity contribution is 5.96. The number of hydrogen-bond acceptors (Lipinski definition) is 3. The summed E-state index contributed by atoms with van der Waals surface area (Å²) in [6, 6.07) is 3.86. The highest BCUT2D eigenvalue weighted by Crippen LogP contribution is 2.32.